The second-order valence-corrected chi connectivity index (χ2v) is 7.94. The van der Waals surface area contributed by atoms with Crippen molar-refractivity contribution in [2.24, 2.45) is 0 Å². The standard InChI is InChI=1S/C28H13F2N5O/c29-27-28(30)34-25-24(33-27)23(16-8-2-1-3-9-16)17(14-31)18(15-32)26(25)35-19-10-4-6-12-21(19)36-22-13-7-5-11-20(22)35/h1-13H. The Kier molecular flexibility index (Phi) is 4.80. The molecule has 0 aliphatic carbocycles. The summed E-state index contributed by atoms with van der Waals surface area (Å²) in [6.07, 6.45) is 0. The highest BCUT2D eigenvalue weighted by Crippen LogP contribution is 2.53. The molecule has 1 aliphatic heterocycles. The number of fused-ring (bicyclic) bond motifs is 3. The fourth-order valence-corrected chi connectivity index (χ4v) is 4.48. The highest BCUT2D eigenvalue weighted by atomic mass is 19.2. The normalized spacial score (nSPS) is 11.7. The summed E-state index contributed by atoms with van der Waals surface area (Å²) in [4.78, 5) is 9.48. The Balaban J connectivity index is 1.83. The molecule has 1 aliphatic rings. The molecule has 6 nitrogen and oxygen atoms in total. The van der Waals surface area contributed by atoms with E-state index in [2.05, 4.69) is 22.1 Å². The number of aromatic nitrogens is 2. The molecule has 36 heavy (non-hydrogen) atoms. The van der Waals surface area contributed by atoms with Crippen LogP contribution in [0.1, 0.15) is 11.1 Å². The van der Waals surface area contributed by atoms with E-state index >= 15 is 0 Å². The second kappa shape index (κ2) is 8.15. The molecule has 2 heterocycles. The Morgan fingerprint density at radius 3 is 1.78 bits per heavy atom. The summed E-state index contributed by atoms with van der Waals surface area (Å²) in [6.45, 7) is 0. The lowest BCUT2D eigenvalue weighted by Gasteiger charge is -2.34. The van der Waals surface area contributed by atoms with E-state index in [9.17, 15) is 19.3 Å². The van der Waals surface area contributed by atoms with Gasteiger partial charge < -0.3 is 4.74 Å². The van der Waals surface area contributed by atoms with Gasteiger partial charge in [-0.25, -0.2) is 9.97 Å². The molecule has 0 atom stereocenters. The predicted octanol–water partition coefficient (Wildman–Crippen LogP) is 6.89. The van der Waals surface area contributed by atoms with E-state index in [-0.39, 0.29) is 33.4 Å². The van der Waals surface area contributed by atoms with Gasteiger partial charge in [-0.3, -0.25) is 4.90 Å². The molecule has 4 aromatic carbocycles. The van der Waals surface area contributed by atoms with Crippen molar-refractivity contribution in [3.8, 4) is 34.8 Å². The van der Waals surface area contributed by atoms with Crippen LogP contribution < -0.4 is 9.64 Å². The number of halogens is 2. The van der Waals surface area contributed by atoms with E-state index in [1.54, 1.807) is 83.8 Å². The summed E-state index contributed by atoms with van der Waals surface area (Å²) in [5.74, 6) is -1.85. The number of anilines is 3. The van der Waals surface area contributed by atoms with Crippen LogP contribution in [0.25, 0.3) is 22.2 Å². The van der Waals surface area contributed by atoms with E-state index < -0.39 is 11.9 Å². The van der Waals surface area contributed by atoms with Crippen LogP contribution in [-0.2, 0) is 0 Å². The molecule has 0 amide bonds. The fraction of sp³-hybridized carbons (Fsp3) is 0. The summed E-state index contributed by atoms with van der Waals surface area (Å²) in [6, 6.07) is 27.1. The first-order valence-corrected chi connectivity index (χ1v) is 10.9. The third kappa shape index (κ3) is 3.06. The van der Waals surface area contributed by atoms with E-state index in [1.165, 1.54) is 0 Å². The number of hydrogen-bond donors (Lipinski definition) is 0. The number of rotatable bonds is 2. The van der Waals surface area contributed by atoms with Crippen LogP contribution in [0.15, 0.2) is 78.9 Å². The van der Waals surface area contributed by atoms with Crippen molar-refractivity contribution in [1.82, 2.24) is 9.97 Å². The van der Waals surface area contributed by atoms with Crippen molar-refractivity contribution < 1.29 is 13.5 Å². The first-order valence-electron chi connectivity index (χ1n) is 10.9. The molecule has 0 fully saturated rings. The molecule has 0 bridgehead atoms. The Hall–Kier alpha value is -5.34. The lowest BCUT2D eigenvalue weighted by atomic mass is 9.92. The van der Waals surface area contributed by atoms with Crippen molar-refractivity contribution in [3.63, 3.8) is 0 Å². The smallest absolute Gasteiger partial charge is 0.269 e. The average molecular weight is 473 g/mol. The van der Waals surface area contributed by atoms with Crippen molar-refractivity contribution >= 4 is 28.1 Å². The highest BCUT2D eigenvalue weighted by Gasteiger charge is 2.33. The Labute approximate surface area is 203 Å². The lowest BCUT2D eigenvalue weighted by molar-refractivity contribution is 0.459. The molecule has 0 saturated carbocycles. The molecule has 0 unspecified atom stereocenters. The zero-order valence-electron chi connectivity index (χ0n) is 18.4. The lowest BCUT2D eigenvalue weighted by Crippen LogP contribution is -2.19. The molecular formula is C28H13F2N5O. The third-order valence-corrected chi connectivity index (χ3v) is 5.95. The molecule has 0 N–H and O–H groups in total. The molecule has 170 valence electrons. The minimum absolute atomic E-state index is 0.0204. The molecule has 5 aromatic rings. The van der Waals surface area contributed by atoms with Crippen LogP contribution in [-0.4, -0.2) is 9.97 Å². The van der Waals surface area contributed by atoms with Gasteiger partial charge in [0.15, 0.2) is 11.5 Å². The minimum Gasteiger partial charge on any atom is -0.453 e. The van der Waals surface area contributed by atoms with Gasteiger partial charge in [-0.15, -0.1) is 0 Å². The highest BCUT2D eigenvalue weighted by molar-refractivity contribution is 6.08. The van der Waals surface area contributed by atoms with Crippen molar-refractivity contribution in [2.75, 3.05) is 4.90 Å². The predicted molar refractivity (Wildman–Crippen MR) is 129 cm³/mol. The van der Waals surface area contributed by atoms with Crippen molar-refractivity contribution in [2.45, 2.75) is 0 Å². The third-order valence-electron chi connectivity index (χ3n) is 5.95. The van der Waals surface area contributed by atoms with Crippen molar-refractivity contribution in [3.05, 3.63) is 102 Å². The Morgan fingerprint density at radius 2 is 1.19 bits per heavy atom. The van der Waals surface area contributed by atoms with Gasteiger partial charge in [0, 0.05) is 5.56 Å². The van der Waals surface area contributed by atoms with E-state index in [4.69, 9.17) is 4.74 Å². The van der Waals surface area contributed by atoms with Crippen LogP contribution in [0.4, 0.5) is 25.8 Å². The van der Waals surface area contributed by atoms with Gasteiger partial charge in [0.1, 0.15) is 23.2 Å². The quantitative estimate of drug-likeness (QED) is 0.272. The fourth-order valence-electron chi connectivity index (χ4n) is 4.48. The van der Waals surface area contributed by atoms with Crippen molar-refractivity contribution in [1.29, 1.82) is 10.5 Å². The molecule has 0 spiro atoms. The number of ether oxygens (including phenoxy) is 1. The van der Waals surface area contributed by atoms with Gasteiger partial charge in [0.25, 0.3) is 11.9 Å². The molecule has 6 rings (SSSR count). The number of benzene rings is 4. The number of para-hydroxylation sites is 4. The van der Waals surface area contributed by atoms with Crippen LogP contribution in [0.2, 0.25) is 0 Å². The molecular weight excluding hydrogens is 460 g/mol. The van der Waals surface area contributed by atoms with Gasteiger partial charge in [-0.05, 0) is 29.8 Å². The zero-order valence-corrected chi connectivity index (χ0v) is 18.4. The summed E-state index contributed by atoms with van der Waals surface area (Å²) >= 11 is 0. The Bertz CT molecular complexity index is 1730. The number of nitrogens with zero attached hydrogens (tertiary/aromatic N) is 5. The maximum absolute atomic E-state index is 14.6. The minimum atomic E-state index is -1.41. The summed E-state index contributed by atoms with van der Waals surface area (Å²) in [7, 11) is 0. The largest absolute Gasteiger partial charge is 0.453 e. The SMILES string of the molecule is N#Cc1c(C#N)c(N2c3ccccc3Oc3ccccc32)c2nc(F)c(F)nc2c1-c1ccccc1. The van der Waals surface area contributed by atoms with E-state index in [0.717, 1.165) is 0 Å². The van der Waals surface area contributed by atoms with E-state index in [0.29, 0.717) is 28.4 Å². The van der Waals surface area contributed by atoms with Crippen LogP contribution in [0, 0.1) is 34.6 Å². The van der Waals surface area contributed by atoms with Crippen LogP contribution in [0.5, 0.6) is 11.5 Å². The number of nitriles is 2. The summed E-state index contributed by atoms with van der Waals surface area (Å²) in [5.41, 5.74) is 1.75. The maximum atomic E-state index is 14.6. The van der Waals surface area contributed by atoms with Gasteiger partial charge in [0.2, 0.25) is 0 Å². The molecule has 8 heteroatoms. The monoisotopic (exact) mass is 473 g/mol. The maximum Gasteiger partial charge on any atom is 0.269 e. The summed E-state index contributed by atoms with van der Waals surface area (Å²) < 4.78 is 35.1. The summed E-state index contributed by atoms with van der Waals surface area (Å²) in [5, 5.41) is 20.6. The molecule has 1 aromatic heterocycles. The van der Waals surface area contributed by atoms with Gasteiger partial charge in [-0.2, -0.15) is 19.3 Å². The first kappa shape index (κ1) is 21.2. The van der Waals surface area contributed by atoms with E-state index in [1.807, 2.05) is 0 Å². The topological polar surface area (TPSA) is 85.8 Å². The van der Waals surface area contributed by atoms with Gasteiger partial charge in [0.05, 0.1) is 28.2 Å². The average Bonchev–Trinajstić information content (AvgIpc) is 2.92. The zero-order chi connectivity index (χ0) is 24.8. The molecule has 0 radical (unpaired) electrons. The van der Waals surface area contributed by atoms with Gasteiger partial charge in [-0.1, -0.05) is 54.6 Å². The van der Waals surface area contributed by atoms with Gasteiger partial charge >= 0.3 is 0 Å². The number of hydrogen-bond acceptors (Lipinski definition) is 6. The molecule has 0 saturated heterocycles. The van der Waals surface area contributed by atoms with Crippen LogP contribution in [0.3, 0.4) is 0 Å². The Morgan fingerprint density at radius 1 is 0.667 bits per heavy atom. The first-order chi connectivity index (χ1) is 17.6. The second-order valence-electron chi connectivity index (χ2n) is 7.94. The van der Waals surface area contributed by atoms with Crippen LogP contribution >= 0.6 is 0 Å².